The Hall–Kier alpha value is -2.41. The minimum absolute atomic E-state index is 0.0347. The minimum Gasteiger partial charge on any atom is -0.462 e. The zero-order chi connectivity index (χ0) is 25.1. The second-order valence-corrected chi connectivity index (χ2v) is 9.69. The molecule has 1 amide bonds. The molecule has 1 unspecified atom stereocenters. The summed E-state index contributed by atoms with van der Waals surface area (Å²) in [7, 11) is 0. The van der Waals surface area contributed by atoms with E-state index in [4.69, 9.17) is 17.0 Å². The van der Waals surface area contributed by atoms with Gasteiger partial charge in [0.2, 0.25) is 5.91 Å². The number of rotatable bonds is 13. The highest BCUT2D eigenvalue weighted by Gasteiger charge is 2.34. The van der Waals surface area contributed by atoms with E-state index in [2.05, 4.69) is 17.6 Å². The highest BCUT2D eigenvalue weighted by atomic mass is 32.1. The molecule has 7 heteroatoms. The van der Waals surface area contributed by atoms with E-state index in [1.807, 2.05) is 56.9 Å². The summed E-state index contributed by atoms with van der Waals surface area (Å²) in [6.45, 7) is 11.2. The van der Waals surface area contributed by atoms with Gasteiger partial charge in [0.15, 0.2) is 5.11 Å². The number of ether oxygens (including phenoxy) is 1. The molecule has 188 valence electrons. The van der Waals surface area contributed by atoms with Crippen molar-refractivity contribution < 1.29 is 14.3 Å². The van der Waals surface area contributed by atoms with E-state index >= 15 is 0 Å². The van der Waals surface area contributed by atoms with Gasteiger partial charge in [-0.2, -0.15) is 0 Å². The van der Waals surface area contributed by atoms with Crippen LogP contribution in [0.2, 0.25) is 0 Å². The van der Waals surface area contributed by atoms with Crippen molar-refractivity contribution in [2.24, 2.45) is 5.92 Å². The van der Waals surface area contributed by atoms with Crippen molar-refractivity contribution >= 4 is 34.9 Å². The summed E-state index contributed by atoms with van der Waals surface area (Å²) >= 11 is 5.55. The van der Waals surface area contributed by atoms with Crippen LogP contribution in [0, 0.1) is 5.92 Å². The Bertz CT molecular complexity index is 864. The molecule has 0 aliphatic carbocycles. The molecule has 0 saturated carbocycles. The number of thiocarbonyl (C=S) groups is 1. The number of hydrogen-bond acceptors (Lipinski definition) is 4. The quantitative estimate of drug-likeness (QED) is 0.199. The van der Waals surface area contributed by atoms with Crippen LogP contribution in [0.3, 0.4) is 0 Å². The normalized spacial score (nSPS) is 16.0. The number of nitrogens with zero attached hydrogens (tertiary/aromatic N) is 1. The lowest BCUT2D eigenvalue weighted by Crippen LogP contribution is -2.47. The van der Waals surface area contributed by atoms with Crippen molar-refractivity contribution in [1.82, 2.24) is 10.2 Å². The molecule has 0 saturated heterocycles. The molecule has 34 heavy (non-hydrogen) atoms. The van der Waals surface area contributed by atoms with Crippen molar-refractivity contribution in [1.29, 1.82) is 0 Å². The lowest BCUT2D eigenvalue weighted by Gasteiger charge is -2.37. The fourth-order valence-electron chi connectivity index (χ4n) is 4.04. The molecule has 0 spiro atoms. The van der Waals surface area contributed by atoms with Gasteiger partial charge in [-0.05, 0) is 56.1 Å². The van der Waals surface area contributed by atoms with Crippen LogP contribution in [-0.4, -0.2) is 35.0 Å². The molecule has 0 aromatic heterocycles. The predicted octanol–water partition coefficient (Wildman–Crippen LogP) is 6.10. The number of allylic oxidation sites excluding steroid dienone is 1. The first-order chi connectivity index (χ1) is 16.3. The number of esters is 1. The number of carbonyl (C=O) groups excluding carboxylic acids is 2. The molecule has 1 aromatic rings. The number of carbonyl (C=O) groups is 2. The number of hydrogen-bond donors (Lipinski definition) is 2. The van der Waals surface area contributed by atoms with Crippen LogP contribution in [0.4, 0.5) is 5.69 Å². The van der Waals surface area contributed by atoms with Gasteiger partial charge in [-0.15, -0.1) is 0 Å². The molecule has 1 atom stereocenters. The second-order valence-electron chi connectivity index (χ2n) is 9.31. The van der Waals surface area contributed by atoms with E-state index in [9.17, 15) is 9.59 Å². The zero-order valence-corrected chi connectivity index (χ0v) is 22.2. The van der Waals surface area contributed by atoms with Gasteiger partial charge < -0.3 is 20.3 Å². The lowest BCUT2D eigenvalue weighted by molar-refractivity contribution is -0.140. The van der Waals surface area contributed by atoms with Crippen LogP contribution >= 0.6 is 12.2 Å². The van der Waals surface area contributed by atoms with Crippen molar-refractivity contribution in [2.75, 3.05) is 18.5 Å². The summed E-state index contributed by atoms with van der Waals surface area (Å²) in [5.74, 6) is -0.0455. The van der Waals surface area contributed by atoms with Crippen molar-refractivity contribution in [3.8, 4) is 0 Å². The second kappa shape index (κ2) is 14.1. The van der Waals surface area contributed by atoms with E-state index in [0.717, 1.165) is 29.8 Å². The fourth-order valence-corrected chi connectivity index (χ4v) is 4.43. The first kappa shape index (κ1) is 27.8. The molecular weight excluding hydrogens is 446 g/mol. The number of anilines is 1. The molecule has 1 aromatic carbocycles. The van der Waals surface area contributed by atoms with E-state index in [1.165, 1.54) is 25.7 Å². The largest absolute Gasteiger partial charge is 0.462 e. The summed E-state index contributed by atoms with van der Waals surface area (Å²) < 4.78 is 5.57. The maximum absolute atomic E-state index is 13.0. The number of amides is 1. The Morgan fingerprint density at radius 3 is 2.35 bits per heavy atom. The monoisotopic (exact) mass is 487 g/mol. The molecule has 0 radical (unpaired) electrons. The van der Waals surface area contributed by atoms with Gasteiger partial charge in [0.25, 0.3) is 0 Å². The van der Waals surface area contributed by atoms with Gasteiger partial charge in [-0.1, -0.05) is 65.0 Å². The Balaban J connectivity index is 2.08. The smallest absolute Gasteiger partial charge is 0.338 e. The first-order valence-corrected chi connectivity index (χ1v) is 13.0. The maximum Gasteiger partial charge on any atom is 0.338 e. The predicted molar refractivity (Wildman–Crippen MR) is 142 cm³/mol. The molecule has 2 rings (SSSR count). The Morgan fingerprint density at radius 1 is 1.09 bits per heavy atom. The van der Waals surface area contributed by atoms with Crippen LogP contribution in [0.15, 0.2) is 35.5 Å². The summed E-state index contributed by atoms with van der Waals surface area (Å²) in [6.07, 6.45) is 7.47. The molecule has 1 aliphatic heterocycles. The SMILES string of the molecule is CCCCCCCCC(=O)Nc1ccc(C2NC(=S)N(CC)C(C)=C2C(=O)OCC(C)C)cc1. The molecule has 0 bridgehead atoms. The number of nitrogens with one attached hydrogen (secondary N) is 2. The topological polar surface area (TPSA) is 70.7 Å². The number of benzene rings is 1. The third-order valence-electron chi connectivity index (χ3n) is 5.97. The average Bonchev–Trinajstić information content (AvgIpc) is 2.80. The van der Waals surface area contributed by atoms with E-state index in [-0.39, 0.29) is 17.8 Å². The highest BCUT2D eigenvalue weighted by Crippen LogP contribution is 2.32. The molecule has 6 nitrogen and oxygen atoms in total. The maximum atomic E-state index is 13.0. The standard InChI is InChI=1S/C27H41N3O3S/c1-6-8-9-10-11-12-13-23(31)28-22-16-14-21(15-17-22)25-24(26(32)33-18-19(3)4)20(5)30(7-2)27(34)29-25/h14-17,19,25H,6-13,18H2,1-5H3,(H,28,31)(H,29,34). The Morgan fingerprint density at radius 2 is 1.74 bits per heavy atom. The highest BCUT2D eigenvalue weighted by molar-refractivity contribution is 7.80. The third kappa shape index (κ3) is 8.12. The molecule has 2 N–H and O–H groups in total. The summed E-state index contributed by atoms with van der Waals surface area (Å²) in [5.41, 5.74) is 3.01. The molecule has 1 heterocycles. The van der Waals surface area contributed by atoms with Crippen molar-refractivity contribution in [3.63, 3.8) is 0 Å². The van der Waals surface area contributed by atoms with Crippen LogP contribution in [0.1, 0.15) is 91.2 Å². The summed E-state index contributed by atoms with van der Waals surface area (Å²) in [4.78, 5) is 27.2. The number of unbranched alkanes of at least 4 members (excludes halogenated alkanes) is 5. The average molecular weight is 488 g/mol. The molecule has 1 aliphatic rings. The van der Waals surface area contributed by atoms with E-state index in [1.54, 1.807) is 0 Å². The lowest BCUT2D eigenvalue weighted by atomic mass is 9.94. The minimum atomic E-state index is -0.400. The Kier molecular flexibility index (Phi) is 11.5. The van der Waals surface area contributed by atoms with Crippen molar-refractivity contribution in [3.05, 3.63) is 41.1 Å². The van der Waals surface area contributed by atoms with Crippen molar-refractivity contribution in [2.45, 2.75) is 85.6 Å². The summed E-state index contributed by atoms with van der Waals surface area (Å²) in [5, 5.41) is 6.87. The van der Waals surface area contributed by atoms with Gasteiger partial charge >= 0.3 is 5.97 Å². The van der Waals surface area contributed by atoms with E-state index in [0.29, 0.717) is 30.3 Å². The van der Waals surface area contributed by atoms with E-state index < -0.39 is 6.04 Å². The molecule has 0 fully saturated rings. The van der Waals surface area contributed by atoms with Gasteiger partial charge in [0, 0.05) is 24.4 Å². The van der Waals surface area contributed by atoms with Crippen LogP contribution in [0.25, 0.3) is 0 Å². The van der Waals surface area contributed by atoms with Crippen LogP contribution in [-0.2, 0) is 14.3 Å². The van der Waals surface area contributed by atoms with Crippen LogP contribution < -0.4 is 10.6 Å². The van der Waals surface area contributed by atoms with Crippen LogP contribution in [0.5, 0.6) is 0 Å². The summed E-state index contributed by atoms with van der Waals surface area (Å²) in [6, 6.07) is 7.19. The van der Waals surface area contributed by atoms with Gasteiger partial charge in [0.05, 0.1) is 18.2 Å². The zero-order valence-electron chi connectivity index (χ0n) is 21.4. The fraction of sp³-hybridized carbons (Fsp3) is 0.593. The van der Waals surface area contributed by atoms with Gasteiger partial charge in [-0.25, -0.2) is 4.79 Å². The Labute approximate surface area is 210 Å². The molecular formula is C27H41N3O3S. The van der Waals surface area contributed by atoms with Gasteiger partial charge in [0.1, 0.15) is 0 Å². The van der Waals surface area contributed by atoms with Gasteiger partial charge in [-0.3, -0.25) is 4.79 Å². The third-order valence-corrected chi connectivity index (χ3v) is 6.30. The first-order valence-electron chi connectivity index (χ1n) is 12.6.